The van der Waals surface area contributed by atoms with Crippen LogP contribution in [0.1, 0.15) is 5.56 Å². The van der Waals surface area contributed by atoms with E-state index < -0.39 is 0 Å². The maximum Gasteiger partial charge on any atom is 0.0745 e. The van der Waals surface area contributed by atoms with Gasteiger partial charge in [-0.3, -0.25) is 0 Å². The second-order valence-electron chi connectivity index (χ2n) is 2.00. The number of hydrogen-bond acceptors (Lipinski definition) is 2. The molecule has 1 aromatic rings. The van der Waals surface area contributed by atoms with Gasteiger partial charge in [-0.25, -0.2) is 0 Å². The quantitative estimate of drug-likeness (QED) is 0.479. The Labute approximate surface area is 71.1 Å². The Morgan fingerprint density at radius 3 is 3.00 bits per heavy atom. The van der Waals surface area contributed by atoms with Gasteiger partial charge in [-0.15, -0.1) is 0 Å². The largest absolute Gasteiger partial charge is 0.195 e. The van der Waals surface area contributed by atoms with Gasteiger partial charge in [-0.1, -0.05) is 24.8 Å². The summed E-state index contributed by atoms with van der Waals surface area (Å²) in [5, 5.41) is 2.31. The molecule has 1 rings (SSSR count). The molecule has 0 spiro atoms. The molecule has 0 aromatic heterocycles. The summed E-state index contributed by atoms with van der Waals surface area (Å²) in [6.07, 6.45) is 1.77. The number of benzene rings is 1. The van der Waals surface area contributed by atoms with E-state index in [-0.39, 0.29) is 0 Å². The Kier molecular flexibility index (Phi) is 2.73. The molecule has 1 nitrogen and oxygen atoms in total. The van der Waals surface area contributed by atoms with Gasteiger partial charge in [0.1, 0.15) is 0 Å². The number of aliphatic imine (C=N–C) groups is 1. The summed E-state index contributed by atoms with van der Waals surface area (Å²) < 4.78 is 0. The van der Waals surface area contributed by atoms with E-state index in [1.807, 2.05) is 24.3 Å². The molecule has 0 aliphatic rings. The molecule has 11 heavy (non-hydrogen) atoms. The van der Waals surface area contributed by atoms with Crippen LogP contribution in [0.15, 0.2) is 35.8 Å². The maximum atomic E-state index is 4.47. The van der Waals surface area contributed by atoms with Gasteiger partial charge in [-0.05, 0) is 29.9 Å². The van der Waals surface area contributed by atoms with Crippen molar-refractivity contribution in [2.75, 3.05) is 0 Å². The summed E-state index contributed by atoms with van der Waals surface area (Å²) in [4.78, 5) is 3.83. The molecule has 0 N–H and O–H groups in total. The molecule has 0 aliphatic carbocycles. The average molecular weight is 161 g/mol. The second kappa shape index (κ2) is 3.81. The first kappa shape index (κ1) is 7.86. The highest BCUT2D eigenvalue weighted by atomic mass is 32.1. The molecule has 0 atom stereocenters. The van der Waals surface area contributed by atoms with Gasteiger partial charge in [0, 0.05) is 0 Å². The third-order valence-corrected chi connectivity index (χ3v) is 1.37. The number of rotatable bonds is 2. The van der Waals surface area contributed by atoms with Gasteiger partial charge in [0.2, 0.25) is 0 Å². The molecule has 2 heteroatoms. The topological polar surface area (TPSA) is 12.4 Å². The van der Waals surface area contributed by atoms with Gasteiger partial charge < -0.3 is 0 Å². The van der Waals surface area contributed by atoms with Crippen LogP contribution >= 0.6 is 12.2 Å². The van der Waals surface area contributed by atoms with E-state index in [0.29, 0.717) is 0 Å². The molecule has 0 saturated heterocycles. The lowest BCUT2D eigenvalue weighted by atomic mass is 10.2. The van der Waals surface area contributed by atoms with Gasteiger partial charge in [0.05, 0.1) is 10.8 Å². The predicted octanol–water partition coefficient (Wildman–Crippen LogP) is 3.06. The van der Waals surface area contributed by atoms with Crippen LogP contribution in [0, 0.1) is 0 Å². The summed E-state index contributed by atoms with van der Waals surface area (Å²) in [5.74, 6) is 0. The first-order chi connectivity index (χ1) is 5.36. The Balaban J connectivity index is 3.09. The normalized spacial score (nSPS) is 8.36. The van der Waals surface area contributed by atoms with Crippen LogP contribution in [0.5, 0.6) is 0 Å². The lowest BCUT2D eigenvalue weighted by Crippen LogP contribution is -1.68. The molecule has 0 radical (unpaired) electrons. The second-order valence-corrected chi connectivity index (χ2v) is 2.18. The van der Waals surface area contributed by atoms with Crippen molar-refractivity contribution < 1.29 is 0 Å². The van der Waals surface area contributed by atoms with Crippen LogP contribution in [0.4, 0.5) is 5.69 Å². The van der Waals surface area contributed by atoms with E-state index in [1.165, 1.54) is 0 Å². The minimum absolute atomic E-state index is 0.817. The Morgan fingerprint density at radius 2 is 2.36 bits per heavy atom. The number of isothiocyanates is 1. The lowest BCUT2D eigenvalue weighted by molar-refractivity contribution is 1.53. The van der Waals surface area contributed by atoms with Crippen molar-refractivity contribution in [3.63, 3.8) is 0 Å². The van der Waals surface area contributed by atoms with Crippen LogP contribution in [0.2, 0.25) is 0 Å². The fourth-order valence-corrected chi connectivity index (χ4v) is 0.879. The van der Waals surface area contributed by atoms with Crippen molar-refractivity contribution in [2.45, 2.75) is 0 Å². The summed E-state index contributed by atoms with van der Waals surface area (Å²) >= 11 is 4.47. The molecular formula is C9H7NS. The van der Waals surface area contributed by atoms with Gasteiger partial charge in [-0.2, -0.15) is 4.99 Å². The predicted molar refractivity (Wildman–Crippen MR) is 51.2 cm³/mol. The van der Waals surface area contributed by atoms with E-state index in [9.17, 15) is 0 Å². The highest BCUT2D eigenvalue weighted by Crippen LogP contribution is 2.13. The molecule has 0 amide bonds. The molecule has 0 aliphatic heterocycles. The first-order valence-corrected chi connectivity index (χ1v) is 3.58. The smallest absolute Gasteiger partial charge is 0.0745 e. The SMILES string of the molecule is C=Cc1cccc(N=C=S)c1. The molecule has 0 heterocycles. The lowest BCUT2D eigenvalue weighted by Gasteiger charge is -1.92. The molecule has 0 fully saturated rings. The average Bonchev–Trinajstić information content (AvgIpc) is 2.06. The minimum atomic E-state index is 0.817. The van der Waals surface area contributed by atoms with Crippen molar-refractivity contribution in [1.82, 2.24) is 0 Å². The zero-order valence-electron chi connectivity index (χ0n) is 5.95. The summed E-state index contributed by atoms with van der Waals surface area (Å²) in [6.45, 7) is 3.64. The minimum Gasteiger partial charge on any atom is -0.195 e. The fourth-order valence-electron chi connectivity index (χ4n) is 0.774. The Bertz CT molecular complexity index is 311. The van der Waals surface area contributed by atoms with Crippen LogP contribution < -0.4 is 0 Å². The highest BCUT2D eigenvalue weighted by molar-refractivity contribution is 7.78. The number of nitrogens with zero attached hydrogens (tertiary/aromatic N) is 1. The number of thiocarbonyl (C=S) groups is 1. The Hall–Kier alpha value is -1.24. The van der Waals surface area contributed by atoms with E-state index >= 15 is 0 Å². The zero-order chi connectivity index (χ0) is 8.10. The van der Waals surface area contributed by atoms with Gasteiger partial charge >= 0.3 is 0 Å². The van der Waals surface area contributed by atoms with Gasteiger partial charge in [0.25, 0.3) is 0 Å². The molecule has 0 saturated carbocycles. The molecule has 54 valence electrons. The van der Waals surface area contributed by atoms with Gasteiger partial charge in [0.15, 0.2) is 0 Å². The monoisotopic (exact) mass is 161 g/mol. The van der Waals surface area contributed by atoms with E-state index in [0.717, 1.165) is 11.3 Å². The third kappa shape index (κ3) is 2.11. The molecule has 0 bridgehead atoms. The Morgan fingerprint density at radius 1 is 1.55 bits per heavy atom. The van der Waals surface area contributed by atoms with Crippen LogP contribution in [-0.4, -0.2) is 5.16 Å². The van der Waals surface area contributed by atoms with E-state index in [4.69, 9.17) is 0 Å². The molecule has 0 unspecified atom stereocenters. The van der Waals surface area contributed by atoms with Crippen LogP contribution in [0.25, 0.3) is 6.08 Å². The van der Waals surface area contributed by atoms with Crippen molar-refractivity contribution in [1.29, 1.82) is 0 Å². The molecular weight excluding hydrogens is 154 g/mol. The highest BCUT2D eigenvalue weighted by Gasteiger charge is 1.87. The van der Waals surface area contributed by atoms with E-state index in [1.54, 1.807) is 6.08 Å². The van der Waals surface area contributed by atoms with Crippen molar-refractivity contribution in [3.05, 3.63) is 36.4 Å². The first-order valence-electron chi connectivity index (χ1n) is 3.17. The van der Waals surface area contributed by atoms with Crippen LogP contribution in [0.3, 0.4) is 0 Å². The third-order valence-electron chi connectivity index (χ3n) is 1.28. The summed E-state index contributed by atoms with van der Waals surface area (Å²) in [6, 6.07) is 7.62. The molecule has 1 aromatic carbocycles. The standard InChI is InChI=1S/C9H7NS/c1-2-8-4-3-5-9(6-8)10-7-11/h2-6H,1H2. The van der Waals surface area contributed by atoms with Crippen molar-refractivity contribution >= 4 is 29.1 Å². The van der Waals surface area contributed by atoms with Crippen molar-refractivity contribution in [3.8, 4) is 0 Å². The summed E-state index contributed by atoms with van der Waals surface area (Å²) in [7, 11) is 0. The maximum absolute atomic E-state index is 4.47. The van der Waals surface area contributed by atoms with Crippen LogP contribution in [-0.2, 0) is 0 Å². The number of hydrogen-bond donors (Lipinski definition) is 0. The van der Waals surface area contributed by atoms with Crippen molar-refractivity contribution in [2.24, 2.45) is 4.99 Å². The fraction of sp³-hybridized carbons (Fsp3) is 0. The summed E-state index contributed by atoms with van der Waals surface area (Å²) in [5.41, 5.74) is 1.86. The van der Waals surface area contributed by atoms with E-state index in [2.05, 4.69) is 29.0 Å². The zero-order valence-corrected chi connectivity index (χ0v) is 6.77.